The zero-order valence-corrected chi connectivity index (χ0v) is 10.1. The fraction of sp³-hybridized carbons (Fsp3) is 0.400. The first-order chi connectivity index (χ1) is 6.37. The fourth-order valence-electron chi connectivity index (χ4n) is 0.953. The summed E-state index contributed by atoms with van der Waals surface area (Å²) in [6, 6.07) is 0. The molecule has 1 heterocycles. The van der Waals surface area contributed by atoms with E-state index in [-0.39, 0.29) is 0 Å². The molecule has 78 valence electrons. The third-order valence-corrected chi connectivity index (χ3v) is 3.65. The van der Waals surface area contributed by atoms with Gasteiger partial charge in [-0.15, -0.1) is 0 Å². The Labute approximate surface area is 89.8 Å². The number of hydrogen-bond donors (Lipinski definition) is 0. The van der Waals surface area contributed by atoms with E-state index in [0.717, 1.165) is 4.23 Å². The van der Waals surface area contributed by atoms with E-state index in [0.29, 0.717) is 8.17 Å². The average molecular weight is 256 g/mol. The first-order valence-electron chi connectivity index (χ1n) is 3.70. The summed E-state index contributed by atoms with van der Waals surface area (Å²) in [5.74, 6) is 0. The van der Waals surface area contributed by atoms with Crippen LogP contribution >= 0.6 is 23.6 Å². The van der Waals surface area contributed by atoms with Crippen LogP contribution in [0.15, 0.2) is 14.4 Å². The lowest BCUT2D eigenvalue weighted by atomic mass is 11.0. The molecule has 0 aliphatic heterocycles. The molecule has 0 atom stereocenters. The Morgan fingerprint density at radius 3 is 1.57 bits per heavy atom. The van der Waals surface area contributed by atoms with Crippen molar-refractivity contribution in [2.75, 3.05) is 0 Å². The Morgan fingerprint density at radius 2 is 1.29 bits per heavy atom. The van der Waals surface area contributed by atoms with Crippen LogP contribution in [0.5, 0.6) is 0 Å². The number of hydrogen-bond acceptors (Lipinski definition) is 3. The minimum absolute atomic E-state index is 0.293. The van der Waals surface area contributed by atoms with Gasteiger partial charge in [-0.05, 0) is 0 Å². The molecule has 0 aliphatic rings. The molecule has 14 heavy (non-hydrogen) atoms. The zero-order chi connectivity index (χ0) is 11.0. The van der Waals surface area contributed by atoms with Gasteiger partial charge < -0.3 is 0 Å². The van der Waals surface area contributed by atoms with Gasteiger partial charge >= 0.3 is 17.1 Å². The zero-order valence-electron chi connectivity index (χ0n) is 7.40. The largest absolute Gasteiger partial charge is 0.366 e. The molecule has 0 amide bonds. The summed E-state index contributed by atoms with van der Waals surface area (Å²) >= 11 is 10.7. The van der Waals surface area contributed by atoms with Crippen LogP contribution in [0.25, 0.3) is 0 Å². The van der Waals surface area contributed by atoms with Crippen LogP contribution in [0.4, 0.5) is 0 Å². The summed E-state index contributed by atoms with van der Waals surface area (Å²) in [7, 11) is -1.74. The van der Waals surface area contributed by atoms with E-state index in [1.54, 1.807) is 13.1 Å². The Hall–Kier alpha value is -0.793. The van der Waals surface area contributed by atoms with Crippen LogP contribution in [0.2, 0.25) is 13.1 Å². The predicted octanol–water partition coefficient (Wildman–Crippen LogP) is -0.993. The van der Waals surface area contributed by atoms with Gasteiger partial charge in [-0.1, -0.05) is 13.1 Å². The lowest BCUT2D eigenvalue weighted by Crippen LogP contribution is -2.53. The highest BCUT2D eigenvalue weighted by Crippen LogP contribution is 1.81. The van der Waals surface area contributed by atoms with Gasteiger partial charge in [-0.25, -0.2) is 14.4 Å². The van der Waals surface area contributed by atoms with Gasteiger partial charge in [0, 0.05) is 23.6 Å². The molecule has 0 bridgehead atoms. The number of nitrogens with zero attached hydrogens (tertiary/aromatic N) is 3. The summed E-state index contributed by atoms with van der Waals surface area (Å²) in [6.07, 6.45) is 0. The van der Waals surface area contributed by atoms with Gasteiger partial charge in [0.05, 0.1) is 0 Å². The standard InChI is InChI=1S/C5H7Cl2N3O3Si/c1-14(2)10-4(12)8(6)3(11)9(7)5(10)13/h14H,1-2H3. The molecule has 0 saturated carbocycles. The second-order valence-electron chi connectivity index (χ2n) is 2.87. The van der Waals surface area contributed by atoms with Gasteiger partial charge in [-0.3, -0.25) is 4.23 Å². The topological polar surface area (TPSA) is 66.0 Å². The maximum atomic E-state index is 11.4. The average Bonchev–Trinajstić information content (AvgIpc) is 2.11. The monoisotopic (exact) mass is 255 g/mol. The molecule has 0 aliphatic carbocycles. The van der Waals surface area contributed by atoms with E-state index in [4.69, 9.17) is 23.6 Å². The minimum Gasteiger partial charge on any atom is -0.276 e. The van der Waals surface area contributed by atoms with Gasteiger partial charge in [0.1, 0.15) is 0 Å². The van der Waals surface area contributed by atoms with Crippen LogP contribution in [0.1, 0.15) is 0 Å². The molecule has 1 aromatic rings. The van der Waals surface area contributed by atoms with Gasteiger partial charge in [-0.2, -0.15) is 8.17 Å². The second kappa shape index (κ2) is 3.75. The van der Waals surface area contributed by atoms with Crippen molar-refractivity contribution in [2.45, 2.75) is 13.1 Å². The first-order valence-corrected chi connectivity index (χ1v) is 7.21. The summed E-state index contributed by atoms with van der Waals surface area (Å²) in [5, 5.41) is 0. The molecule has 1 rings (SSSR count). The van der Waals surface area contributed by atoms with Gasteiger partial charge in [0.25, 0.3) is 0 Å². The highest BCUT2D eigenvalue weighted by atomic mass is 35.5. The third-order valence-electron chi connectivity index (χ3n) is 1.60. The predicted molar refractivity (Wildman–Crippen MR) is 56.0 cm³/mol. The van der Waals surface area contributed by atoms with Crippen molar-refractivity contribution in [1.29, 1.82) is 0 Å². The second-order valence-corrected chi connectivity index (χ2v) is 6.25. The van der Waals surface area contributed by atoms with E-state index in [2.05, 4.69) is 0 Å². The van der Waals surface area contributed by atoms with E-state index < -0.39 is 26.0 Å². The van der Waals surface area contributed by atoms with Crippen LogP contribution < -0.4 is 17.1 Å². The smallest absolute Gasteiger partial charge is 0.276 e. The summed E-state index contributed by atoms with van der Waals surface area (Å²) in [5.41, 5.74) is -2.71. The Balaban J connectivity index is 3.89. The van der Waals surface area contributed by atoms with Crippen LogP contribution in [0.3, 0.4) is 0 Å². The van der Waals surface area contributed by atoms with Crippen molar-refractivity contribution in [2.24, 2.45) is 0 Å². The maximum absolute atomic E-state index is 11.4. The summed E-state index contributed by atoms with van der Waals surface area (Å²) in [4.78, 5) is 33.8. The van der Waals surface area contributed by atoms with Crippen molar-refractivity contribution < 1.29 is 0 Å². The molecular formula is C5H7Cl2N3O3Si. The highest BCUT2D eigenvalue weighted by molar-refractivity contribution is 6.53. The molecule has 9 heteroatoms. The van der Waals surface area contributed by atoms with Crippen LogP contribution in [-0.4, -0.2) is 21.4 Å². The number of aromatic nitrogens is 3. The molecule has 0 saturated heterocycles. The molecule has 0 aromatic carbocycles. The molecular weight excluding hydrogens is 249 g/mol. The van der Waals surface area contributed by atoms with Gasteiger partial charge in [0.15, 0.2) is 8.96 Å². The van der Waals surface area contributed by atoms with Crippen molar-refractivity contribution in [1.82, 2.24) is 12.4 Å². The molecule has 0 N–H and O–H groups in total. The van der Waals surface area contributed by atoms with E-state index in [1.165, 1.54) is 0 Å². The van der Waals surface area contributed by atoms with Crippen molar-refractivity contribution in [3.8, 4) is 0 Å². The Bertz CT molecular complexity index is 488. The van der Waals surface area contributed by atoms with E-state index in [9.17, 15) is 14.4 Å². The normalized spacial score (nSPS) is 10.9. The summed E-state index contributed by atoms with van der Waals surface area (Å²) < 4.78 is 1.50. The quantitative estimate of drug-likeness (QED) is 0.606. The minimum atomic E-state index is -1.74. The molecule has 0 unspecified atom stereocenters. The molecule has 6 nitrogen and oxygen atoms in total. The van der Waals surface area contributed by atoms with E-state index >= 15 is 0 Å². The van der Waals surface area contributed by atoms with Crippen molar-refractivity contribution >= 4 is 32.5 Å². The Morgan fingerprint density at radius 1 is 0.929 bits per heavy atom. The Kier molecular flexibility index (Phi) is 3.03. The highest BCUT2D eigenvalue weighted by Gasteiger charge is 2.15. The maximum Gasteiger partial charge on any atom is 0.366 e. The van der Waals surface area contributed by atoms with Crippen LogP contribution in [0, 0.1) is 0 Å². The number of rotatable bonds is 1. The molecule has 0 radical (unpaired) electrons. The fourth-order valence-corrected chi connectivity index (χ4v) is 2.57. The molecule has 0 spiro atoms. The molecule has 1 aromatic heterocycles. The van der Waals surface area contributed by atoms with Crippen molar-refractivity contribution in [3.63, 3.8) is 0 Å². The number of halogens is 2. The SMILES string of the molecule is C[SiH](C)n1c(=O)n(Cl)c(=O)n(Cl)c1=O. The van der Waals surface area contributed by atoms with Crippen molar-refractivity contribution in [3.05, 3.63) is 31.5 Å². The first kappa shape index (κ1) is 11.3. The summed E-state index contributed by atoms with van der Waals surface area (Å²) in [6.45, 7) is 3.47. The van der Waals surface area contributed by atoms with E-state index in [1.807, 2.05) is 0 Å². The lowest BCUT2D eigenvalue weighted by molar-refractivity contribution is 0.758. The lowest BCUT2D eigenvalue weighted by Gasteiger charge is -2.07. The van der Waals surface area contributed by atoms with Gasteiger partial charge in [0.2, 0.25) is 0 Å². The van der Waals surface area contributed by atoms with Crippen LogP contribution in [-0.2, 0) is 0 Å². The third kappa shape index (κ3) is 1.58. The molecule has 0 fully saturated rings.